The highest BCUT2D eigenvalue weighted by molar-refractivity contribution is 7.90. The van der Waals surface area contributed by atoms with Gasteiger partial charge in [-0.15, -0.1) is 5.10 Å². The van der Waals surface area contributed by atoms with Crippen LogP contribution in [0.2, 0.25) is 0 Å². The van der Waals surface area contributed by atoms with Gasteiger partial charge in [0.25, 0.3) is 0 Å². The second-order valence-corrected chi connectivity index (χ2v) is 15.6. The Kier molecular flexibility index (Phi) is 8.00. The molecule has 1 aliphatic heterocycles. The van der Waals surface area contributed by atoms with Crippen molar-refractivity contribution in [3.63, 3.8) is 0 Å². The van der Waals surface area contributed by atoms with Gasteiger partial charge in [-0.3, -0.25) is 4.79 Å². The number of carbonyl (C=O) groups is 1. The van der Waals surface area contributed by atoms with Crippen LogP contribution in [0.1, 0.15) is 54.7 Å². The molecule has 2 atom stereocenters. The fourth-order valence-electron chi connectivity index (χ4n) is 7.10. The maximum absolute atomic E-state index is 13.5. The number of hydrogen-bond acceptors (Lipinski definition) is 5. The van der Waals surface area contributed by atoms with Crippen molar-refractivity contribution in [1.82, 2.24) is 19.3 Å². The molecule has 242 valence electrons. The summed E-state index contributed by atoms with van der Waals surface area (Å²) in [5.41, 5.74) is 6.42. The highest BCUT2D eigenvalue weighted by atomic mass is 32.2. The van der Waals surface area contributed by atoms with Crippen LogP contribution in [0.3, 0.4) is 0 Å². The van der Waals surface area contributed by atoms with E-state index < -0.39 is 26.4 Å². The summed E-state index contributed by atoms with van der Waals surface area (Å²) in [4.78, 5) is 12.9. The first-order valence-corrected chi connectivity index (χ1v) is 17.7. The van der Waals surface area contributed by atoms with Crippen LogP contribution in [0.15, 0.2) is 133 Å². The van der Waals surface area contributed by atoms with Crippen LogP contribution >= 0.6 is 0 Å². The number of para-hydroxylation sites is 1. The Hall–Kier alpha value is -5.08. The molecule has 7 nitrogen and oxygen atoms in total. The molecule has 8 heteroatoms. The van der Waals surface area contributed by atoms with Crippen molar-refractivity contribution in [3.05, 3.63) is 156 Å². The lowest BCUT2D eigenvalue weighted by Gasteiger charge is -2.36. The van der Waals surface area contributed by atoms with Gasteiger partial charge in [0.15, 0.2) is 0 Å². The molecule has 1 aromatic heterocycles. The number of hydrogen-bond donors (Lipinski definition) is 0. The Labute approximate surface area is 281 Å². The van der Waals surface area contributed by atoms with E-state index in [1.54, 1.807) is 20.8 Å². The second kappa shape index (κ2) is 12.2. The molecule has 7 rings (SSSR count). The number of nitrogens with zero attached hydrogens (tertiary/aromatic N) is 4. The van der Waals surface area contributed by atoms with E-state index in [0.29, 0.717) is 18.4 Å². The number of rotatable bonds is 8. The molecular formula is C40H38N4O3S. The van der Waals surface area contributed by atoms with Crippen LogP contribution in [0.5, 0.6) is 0 Å². The largest absolute Gasteiger partial charge is 0.274 e. The van der Waals surface area contributed by atoms with Gasteiger partial charge in [0.05, 0.1) is 23.0 Å². The molecule has 5 aromatic carbocycles. The molecule has 1 fully saturated rings. The third-order valence-electron chi connectivity index (χ3n) is 9.28. The van der Waals surface area contributed by atoms with Crippen LogP contribution in [-0.4, -0.2) is 39.2 Å². The maximum Gasteiger partial charge on any atom is 0.245 e. The highest BCUT2D eigenvalue weighted by Crippen LogP contribution is 2.41. The molecule has 0 N–H and O–H groups in total. The van der Waals surface area contributed by atoms with E-state index in [2.05, 4.69) is 64.4 Å². The molecule has 1 aliphatic rings. The normalized spacial score (nSPS) is 17.4. The molecule has 0 saturated carbocycles. The van der Waals surface area contributed by atoms with Gasteiger partial charge in [-0.1, -0.05) is 127 Å². The van der Waals surface area contributed by atoms with Crippen molar-refractivity contribution < 1.29 is 13.2 Å². The second-order valence-electron chi connectivity index (χ2n) is 13.6. The van der Waals surface area contributed by atoms with E-state index >= 15 is 0 Å². The maximum atomic E-state index is 13.5. The fraction of sp³-hybridized carbons (Fsp3) is 0.225. The summed E-state index contributed by atoms with van der Waals surface area (Å²) in [5.74, 6) is -0.365. The molecule has 2 unspecified atom stereocenters. The molecule has 6 aromatic rings. The van der Waals surface area contributed by atoms with Crippen LogP contribution in [0, 0.1) is 0 Å². The molecular weight excluding hydrogens is 617 g/mol. The zero-order chi connectivity index (χ0) is 33.5. The van der Waals surface area contributed by atoms with E-state index in [-0.39, 0.29) is 12.3 Å². The van der Waals surface area contributed by atoms with E-state index in [1.165, 1.54) is 0 Å². The summed E-state index contributed by atoms with van der Waals surface area (Å²) < 4.78 is 30.2. The lowest BCUT2D eigenvalue weighted by molar-refractivity contribution is -0.128. The molecule has 0 bridgehead atoms. The fourth-order valence-corrected chi connectivity index (χ4v) is 9.34. The third-order valence-corrected chi connectivity index (χ3v) is 11.7. The zero-order valence-corrected chi connectivity index (χ0v) is 28.1. The topological polar surface area (TPSA) is 85.2 Å². The summed E-state index contributed by atoms with van der Waals surface area (Å²) in [5, 5.41) is 8.46. The Balaban J connectivity index is 1.31. The molecule has 1 amide bonds. The first-order valence-electron chi connectivity index (χ1n) is 16.2. The minimum absolute atomic E-state index is 0.0587. The van der Waals surface area contributed by atoms with Gasteiger partial charge in [0.2, 0.25) is 15.9 Å². The average molecular weight is 655 g/mol. The summed E-state index contributed by atoms with van der Waals surface area (Å²) in [6.45, 7) is 5.25. The van der Waals surface area contributed by atoms with Gasteiger partial charge < -0.3 is 0 Å². The predicted octanol–water partition coefficient (Wildman–Crippen LogP) is 7.73. The number of carbonyl (C=O) groups excluding carboxylic acids is 1. The van der Waals surface area contributed by atoms with Crippen LogP contribution in [0.25, 0.3) is 22.2 Å². The minimum Gasteiger partial charge on any atom is -0.274 e. The predicted molar refractivity (Wildman–Crippen MR) is 190 cm³/mol. The zero-order valence-electron chi connectivity index (χ0n) is 27.3. The van der Waals surface area contributed by atoms with Gasteiger partial charge in [-0.05, 0) is 66.3 Å². The SMILES string of the molecule is CC(C)(C)N1C(=O)CC(c2ccc(CC(Cc3ccc(-c4ccccc4)cc3)(c3ccccc3)n3nnc4ccccc43)cc2)S1(=O)=O. The Morgan fingerprint density at radius 3 is 1.83 bits per heavy atom. The van der Waals surface area contributed by atoms with Gasteiger partial charge in [0.1, 0.15) is 10.8 Å². The molecule has 0 aliphatic carbocycles. The lowest BCUT2D eigenvalue weighted by Crippen LogP contribution is -2.45. The van der Waals surface area contributed by atoms with Crippen molar-refractivity contribution in [2.45, 2.75) is 56.4 Å². The van der Waals surface area contributed by atoms with Crippen molar-refractivity contribution in [2.24, 2.45) is 0 Å². The lowest BCUT2D eigenvalue weighted by atomic mass is 9.78. The summed E-state index contributed by atoms with van der Waals surface area (Å²) in [6, 6.07) is 45.1. The Morgan fingerprint density at radius 1 is 0.688 bits per heavy atom. The summed E-state index contributed by atoms with van der Waals surface area (Å²) >= 11 is 0. The number of fused-ring (bicyclic) bond motifs is 1. The van der Waals surface area contributed by atoms with Crippen molar-refractivity contribution in [3.8, 4) is 11.1 Å². The van der Waals surface area contributed by atoms with Crippen molar-refractivity contribution in [2.75, 3.05) is 0 Å². The van der Waals surface area contributed by atoms with Gasteiger partial charge in [-0.25, -0.2) is 17.4 Å². The molecule has 0 spiro atoms. The third kappa shape index (κ3) is 5.70. The van der Waals surface area contributed by atoms with Gasteiger partial charge in [0, 0.05) is 12.8 Å². The monoisotopic (exact) mass is 654 g/mol. The van der Waals surface area contributed by atoms with E-state index in [4.69, 9.17) is 5.21 Å². The van der Waals surface area contributed by atoms with Gasteiger partial charge >= 0.3 is 0 Å². The van der Waals surface area contributed by atoms with Crippen LogP contribution in [0.4, 0.5) is 0 Å². The summed E-state index contributed by atoms with van der Waals surface area (Å²) in [6.07, 6.45) is 1.14. The standard InChI is InChI=1S/C40H38N4O3S/c1-39(2,3)44-38(45)26-37(48(44,46)47)33-24-20-30(21-25-33)28-40(34-14-8-5-9-15-34,43-36-17-11-10-16-35(36)41-42-43)27-29-18-22-32(23-19-29)31-12-6-4-7-13-31/h4-25,37H,26-28H2,1-3H3. The van der Waals surface area contributed by atoms with Crippen LogP contribution < -0.4 is 0 Å². The number of amides is 1. The Morgan fingerprint density at radius 2 is 1.23 bits per heavy atom. The average Bonchev–Trinajstić information content (AvgIpc) is 3.63. The van der Waals surface area contributed by atoms with Crippen LogP contribution in [-0.2, 0) is 33.2 Å². The molecule has 1 saturated heterocycles. The highest BCUT2D eigenvalue weighted by Gasteiger charge is 2.50. The first kappa shape index (κ1) is 31.5. The van der Waals surface area contributed by atoms with E-state index in [0.717, 1.165) is 43.2 Å². The van der Waals surface area contributed by atoms with Gasteiger partial charge in [-0.2, -0.15) is 0 Å². The molecule has 48 heavy (non-hydrogen) atoms. The number of sulfonamides is 1. The minimum atomic E-state index is -3.84. The number of benzene rings is 5. The Bertz CT molecular complexity index is 2170. The van der Waals surface area contributed by atoms with Crippen molar-refractivity contribution in [1.29, 1.82) is 0 Å². The quantitative estimate of drug-likeness (QED) is 0.168. The molecule has 0 radical (unpaired) electrons. The summed E-state index contributed by atoms with van der Waals surface area (Å²) in [7, 11) is -3.84. The smallest absolute Gasteiger partial charge is 0.245 e. The first-order chi connectivity index (χ1) is 23.1. The van der Waals surface area contributed by atoms with E-state index in [1.807, 2.05) is 78.9 Å². The van der Waals surface area contributed by atoms with E-state index in [9.17, 15) is 13.2 Å². The molecule has 2 heterocycles. The van der Waals surface area contributed by atoms with Crippen molar-refractivity contribution >= 4 is 27.0 Å². The number of aromatic nitrogens is 3.